The van der Waals surface area contributed by atoms with Gasteiger partial charge < -0.3 is 24.4 Å². The predicted molar refractivity (Wildman–Crippen MR) is 174 cm³/mol. The molecular formula is C35H43FN4O2. The number of rotatable bonds is 9. The molecule has 1 N–H and O–H groups in total. The van der Waals surface area contributed by atoms with E-state index in [9.17, 15) is 4.79 Å². The third kappa shape index (κ3) is 5.26. The second-order valence-corrected chi connectivity index (χ2v) is 11.0. The second kappa shape index (κ2) is 12.6. The fraction of sp³-hybridized carbons (Fsp3) is 0.400. The highest BCUT2D eigenvalue weighted by Crippen LogP contribution is 2.47. The summed E-state index contributed by atoms with van der Waals surface area (Å²) in [6.07, 6.45) is 6.10. The van der Waals surface area contributed by atoms with Crippen molar-refractivity contribution in [2.24, 2.45) is 0 Å². The van der Waals surface area contributed by atoms with Crippen LogP contribution in [-0.2, 0) is 0 Å². The van der Waals surface area contributed by atoms with Crippen LogP contribution in [0.3, 0.4) is 0 Å². The molecule has 1 fully saturated rings. The van der Waals surface area contributed by atoms with E-state index >= 15 is 4.39 Å². The van der Waals surface area contributed by atoms with Crippen molar-refractivity contribution >= 4 is 33.1 Å². The summed E-state index contributed by atoms with van der Waals surface area (Å²) >= 11 is 0. The summed E-state index contributed by atoms with van der Waals surface area (Å²) in [7, 11) is 2.16. The zero-order chi connectivity index (χ0) is 30.0. The first-order valence-corrected chi connectivity index (χ1v) is 15.4. The molecule has 42 heavy (non-hydrogen) atoms. The zero-order valence-corrected chi connectivity index (χ0v) is 25.6. The van der Waals surface area contributed by atoms with Crippen molar-refractivity contribution in [3.8, 4) is 17.2 Å². The van der Waals surface area contributed by atoms with Crippen LogP contribution in [-0.4, -0.2) is 48.7 Å². The molecule has 7 heteroatoms. The summed E-state index contributed by atoms with van der Waals surface area (Å²) in [6, 6.07) is 14.1. The molecule has 1 saturated heterocycles. The largest absolute Gasteiger partial charge is 0.451 e. The van der Waals surface area contributed by atoms with Gasteiger partial charge in [0, 0.05) is 37.6 Å². The summed E-state index contributed by atoms with van der Waals surface area (Å²) in [5, 5.41) is 5.77. The van der Waals surface area contributed by atoms with Crippen LogP contribution in [0.1, 0.15) is 58.9 Å². The number of anilines is 1. The Hall–Kier alpha value is -3.84. The van der Waals surface area contributed by atoms with E-state index in [2.05, 4.69) is 42.9 Å². The number of hydrogen-bond acceptors (Lipinski definition) is 5. The van der Waals surface area contributed by atoms with Crippen LogP contribution in [0, 0.1) is 5.82 Å². The minimum atomic E-state index is -0.453. The fourth-order valence-corrected chi connectivity index (χ4v) is 6.33. The number of nitrogens with one attached hydrogen (secondary N) is 1. The lowest BCUT2D eigenvalue weighted by Gasteiger charge is -2.31. The summed E-state index contributed by atoms with van der Waals surface area (Å²) in [4.78, 5) is 18.3. The molecule has 0 spiro atoms. The number of fused-ring (bicyclic) bond motifs is 3. The van der Waals surface area contributed by atoms with Gasteiger partial charge in [0.05, 0.1) is 16.6 Å². The van der Waals surface area contributed by atoms with Crippen molar-refractivity contribution < 1.29 is 9.13 Å². The van der Waals surface area contributed by atoms with E-state index in [1.165, 1.54) is 18.9 Å². The highest BCUT2D eigenvalue weighted by Gasteiger charge is 2.30. The van der Waals surface area contributed by atoms with E-state index in [0.717, 1.165) is 42.4 Å². The van der Waals surface area contributed by atoms with Crippen molar-refractivity contribution in [2.45, 2.75) is 59.4 Å². The first kappa shape index (κ1) is 29.6. The van der Waals surface area contributed by atoms with Crippen molar-refractivity contribution in [1.82, 2.24) is 14.8 Å². The maximum atomic E-state index is 15.9. The number of likely N-dealkylation sites (tertiary alicyclic amines) is 1. The Labute approximate surface area is 248 Å². The minimum absolute atomic E-state index is 0.250. The molecule has 6 nitrogen and oxygen atoms in total. The second-order valence-electron chi connectivity index (χ2n) is 11.0. The molecule has 0 amide bonds. The van der Waals surface area contributed by atoms with Gasteiger partial charge in [0.15, 0.2) is 22.7 Å². The Kier molecular flexibility index (Phi) is 8.88. The van der Waals surface area contributed by atoms with Gasteiger partial charge in [-0.2, -0.15) is 0 Å². The van der Waals surface area contributed by atoms with Crippen LogP contribution in [0.5, 0.6) is 11.5 Å². The molecule has 222 valence electrons. The number of aromatic nitrogens is 1. The van der Waals surface area contributed by atoms with E-state index in [1.54, 1.807) is 0 Å². The third-order valence-corrected chi connectivity index (χ3v) is 8.47. The quantitative estimate of drug-likeness (QED) is 0.197. The lowest BCUT2D eigenvalue weighted by molar-refractivity contribution is 0.297. The van der Waals surface area contributed by atoms with Gasteiger partial charge in [0.1, 0.15) is 11.2 Å². The Morgan fingerprint density at radius 1 is 1.17 bits per heavy atom. The summed E-state index contributed by atoms with van der Waals surface area (Å²) in [6.45, 7) is 15.5. The molecule has 2 aliphatic heterocycles. The standard InChI is InChI=1S/C33H37FN4O2.C2H6/c1-5-15-37(6-2)31-27(34)19-25-30-33(31)40-29-18-23-11-8-7-10-22(23)17-28(29)38(30)20-26(32(25)39)21(3)35-14-13-24-12-9-16-36(24)4;1-2/h7-8,10-11,17-20,24,35H,3,5-6,9,12-16H2,1-2,4H3;1-2H3. The maximum absolute atomic E-state index is 15.9. The number of hydrogen-bond donors (Lipinski definition) is 1. The Morgan fingerprint density at radius 3 is 2.57 bits per heavy atom. The van der Waals surface area contributed by atoms with Crippen LogP contribution in [0.15, 0.2) is 60.0 Å². The Balaban J connectivity index is 0.00000173. The van der Waals surface area contributed by atoms with Crippen LogP contribution < -0.4 is 20.4 Å². The fourth-order valence-electron chi connectivity index (χ4n) is 6.33. The average Bonchev–Trinajstić information content (AvgIpc) is 3.41. The van der Waals surface area contributed by atoms with Crippen LogP contribution in [0.4, 0.5) is 10.1 Å². The summed E-state index contributed by atoms with van der Waals surface area (Å²) in [5.41, 5.74) is 2.54. The molecule has 1 unspecified atom stereocenters. The van der Waals surface area contributed by atoms with E-state index in [0.29, 0.717) is 58.5 Å². The smallest absolute Gasteiger partial charge is 0.198 e. The van der Waals surface area contributed by atoms with Gasteiger partial charge in [-0.15, -0.1) is 0 Å². The number of ether oxygens (including phenoxy) is 1. The van der Waals surface area contributed by atoms with Gasteiger partial charge >= 0.3 is 0 Å². The normalized spacial score (nSPS) is 15.6. The van der Waals surface area contributed by atoms with Crippen molar-refractivity contribution in [3.63, 3.8) is 0 Å². The van der Waals surface area contributed by atoms with Gasteiger partial charge in [0.25, 0.3) is 0 Å². The summed E-state index contributed by atoms with van der Waals surface area (Å²) in [5.74, 6) is 0.564. The lowest BCUT2D eigenvalue weighted by Crippen LogP contribution is -2.29. The van der Waals surface area contributed by atoms with E-state index in [4.69, 9.17) is 4.74 Å². The van der Waals surface area contributed by atoms with E-state index < -0.39 is 5.82 Å². The molecule has 0 aliphatic carbocycles. The molecule has 3 aromatic carbocycles. The van der Waals surface area contributed by atoms with Gasteiger partial charge in [0.2, 0.25) is 0 Å². The van der Waals surface area contributed by atoms with Crippen LogP contribution in [0.2, 0.25) is 0 Å². The van der Waals surface area contributed by atoms with Gasteiger partial charge in [-0.05, 0) is 75.2 Å². The zero-order valence-electron chi connectivity index (χ0n) is 25.6. The molecular weight excluding hydrogens is 527 g/mol. The monoisotopic (exact) mass is 570 g/mol. The number of benzene rings is 3. The molecule has 2 aliphatic rings. The van der Waals surface area contributed by atoms with Gasteiger partial charge in [-0.25, -0.2) is 4.39 Å². The molecule has 1 aromatic heterocycles. The van der Waals surface area contributed by atoms with E-state index in [-0.39, 0.29) is 5.43 Å². The Bertz CT molecular complexity index is 1680. The van der Waals surface area contributed by atoms with Gasteiger partial charge in [-0.3, -0.25) is 4.79 Å². The van der Waals surface area contributed by atoms with Gasteiger partial charge in [-0.1, -0.05) is 51.6 Å². The van der Waals surface area contributed by atoms with Crippen molar-refractivity contribution in [2.75, 3.05) is 38.1 Å². The first-order chi connectivity index (χ1) is 20.4. The molecule has 0 radical (unpaired) electrons. The molecule has 1 atom stereocenters. The number of halogens is 1. The maximum Gasteiger partial charge on any atom is 0.198 e. The molecule has 6 rings (SSSR count). The van der Waals surface area contributed by atoms with Crippen LogP contribution >= 0.6 is 0 Å². The third-order valence-electron chi connectivity index (χ3n) is 8.47. The van der Waals surface area contributed by atoms with Crippen LogP contribution in [0.25, 0.3) is 33.1 Å². The van der Waals surface area contributed by atoms with E-state index in [1.807, 2.05) is 60.7 Å². The molecule has 4 aromatic rings. The SMILES string of the molecule is C=C(NCCC1CCCN1C)c1cn2c3c(c(N(CC)CCC)c(F)cc3c1=O)Oc1cc3ccccc3cc1-2.CC. The van der Waals surface area contributed by atoms with Crippen molar-refractivity contribution in [1.29, 1.82) is 0 Å². The average molecular weight is 571 g/mol. The highest BCUT2D eigenvalue weighted by atomic mass is 19.1. The molecule has 0 bridgehead atoms. The molecule has 3 heterocycles. The molecule has 0 saturated carbocycles. The predicted octanol–water partition coefficient (Wildman–Crippen LogP) is 7.70. The number of pyridine rings is 1. The minimum Gasteiger partial charge on any atom is -0.451 e. The lowest BCUT2D eigenvalue weighted by atomic mass is 10.0. The topological polar surface area (TPSA) is 49.7 Å². The first-order valence-electron chi connectivity index (χ1n) is 15.4. The Morgan fingerprint density at radius 2 is 1.90 bits per heavy atom. The van der Waals surface area contributed by atoms with Crippen molar-refractivity contribution in [3.05, 3.63) is 76.8 Å². The highest BCUT2D eigenvalue weighted by molar-refractivity contribution is 5.97. The number of nitrogens with zero attached hydrogens (tertiary/aromatic N) is 3. The summed E-state index contributed by atoms with van der Waals surface area (Å²) < 4.78 is 24.4.